The Morgan fingerprint density at radius 3 is 2.29 bits per heavy atom. The number of anilines is 1. The maximum absolute atomic E-state index is 12.4. The van der Waals surface area contributed by atoms with E-state index in [4.69, 9.17) is 16.9 Å². The van der Waals surface area contributed by atoms with E-state index in [0.717, 1.165) is 11.1 Å². The van der Waals surface area contributed by atoms with Crippen molar-refractivity contribution in [2.24, 2.45) is 0 Å². The lowest BCUT2D eigenvalue weighted by atomic mass is 10.1. The molecule has 0 unspecified atom stereocenters. The van der Waals surface area contributed by atoms with E-state index in [2.05, 4.69) is 4.72 Å². The number of aryl methyl sites for hydroxylation is 2. The molecule has 0 bridgehead atoms. The summed E-state index contributed by atoms with van der Waals surface area (Å²) in [7, 11) is -3.84. The van der Waals surface area contributed by atoms with Gasteiger partial charge in [-0.2, -0.15) is 5.26 Å². The van der Waals surface area contributed by atoms with Crippen molar-refractivity contribution >= 4 is 27.3 Å². The molecule has 0 aliphatic carbocycles. The molecular weight excluding hydrogens is 308 g/mol. The van der Waals surface area contributed by atoms with Crippen LogP contribution in [0.15, 0.2) is 41.3 Å². The van der Waals surface area contributed by atoms with Gasteiger partial charge in [0, 0.05) is 5.69 Å². The molecule has 0 aromatic heterocycles. The van der Waals surface area contributed by atoms with E-state index in [1.54, 1.807) is 12.1 Å². The number of rotatable bonds is 3. The molecule has 108 valence electrons. The van der Waals surface area contributed by atoms with E-state index in [9.17, 15) is 8.42 Å². The first-order valence-corrected chi connectivity index (χ1v) is 7.99. The molecule has 6 heteroatoms. The predicted molar refractivity (Wildman–Crippen MR) is 82.9 cm³/mol. The zero-order chi connectivity index (χ0) is 15.6. The first-order valence-electron chi connectivity index (χ1n) is 6.12. The highest BCUT2D eigenvalue weighted by Crippen LogP contribution is 2.25. The molecule has 0 amide bonds. The van der Waals surface area contributed by atoms with Crippen molar-refractivity contribution in [1.82, 2.24) is 0 Å². The second kappa shape index (κ2) is 5.76. The van der Waals surface area contributed by atoms with Gasteiger partial charge in [-0.1, -0.05) is 17.7 Å². The van der Waals surface area contributed by atoms with Gasteiger partial charge in [0.25, 0.3) is 10.0 Å². The van der Waals surface area contributed by atoms with Crippen molar-refractivity contribution in [3.8, 4) is 6.07 Å². The third kappa shape index (κ3) is 3.54. The molecule has 4 nitrogen and oxygen atoms in total. The van der Waals surface area contributed by atoms with Crippen LogP contribution < -0.4 is 4.72 Å². The number of hydrogen-bond acceptors (Lipinski definition) is 3. The number of hydrogen-bond donors (Lipinski definition) is 1. The van der Waals surface area contributed by atoms with Crippen molar-refractivity contribution in [3.05, 3.63) is 58.1 Å². The van der Waals surface area contributed by atoms with Gasteiger partial charge in [-0.05, 0) is 55.3 Å². The van der Waals surface area contributed by atoms with E-state index in [1.165, 1.54) is 18.2 Å². The fourth-order valence-electron chi connectivity index (χ4n) is 2.02. The van der Waals surface area contributed by atoms with Gasteiger partial charge >= 0.3 is 0 Å². The Balaban J connectivity index is 2.45. The second-order valence-electron chi connectivity index (χ2n) is 4.74. The minimum absolute atomic E-state index is 0.0749. The summed E-state index contributed by atoms with van der Waals surface area (Å²) >= 11 is 5.94. The Morgan fingerprint density at radius 1 is 1.10 bits per heavy atom. The van der Waals surface area contributed by atoms with Gasteiger partial charge in [0.05, 0.1) is 16.7 Å². The quantitative estimate of drug-likeness (QED) is 0.938. The van der Waals surface area contributed by atoms with Gasteiger partial charge in [0.2, 0.25) is 0 Å². The maximum atomic E-state index is 12.4. The Labute approximate surface area is 129 Å². The second-order valence-corrected chi connectivity index (χ2v) is 6.80. The average Bonchev–Trinajstić information content (AvgIpc) is 2.37. The molecule has 2 rings (SSSR count). The van der Waals surface area contributed by atoms with Crippen LogP contribution in [0.5, 0.6) is 0 Å². The average molecular weight is 321 g/mol. The number of nitrogens with one attached hydrogen (secondary N) is 1. The van der Waals surface area contributed by atoms with E-state index in [0.29, 0.717) is 5.69 Å². The summed E-state index contributed by atoms with van der Waals surface area (Å²) in [4.78, 5) is -0.109. The van der Waals surface area contributed by atoms with Crippen LogP contribution >= 0.6 is 11.6 Å². The third-order valence-corrected chi connectivity index (χ3v) is 4.69. The minimum Gasteiger partial charge on any atom is -0.280 e. The van der Waals surface area contributed by atoms with E-state index in [1.807, 2.05) is 26.0 Å². The highest BCUT2D eigenvalue weighted by Gasteiger charge is 2.19. The molecule has 0 atom stereocenters. The topological polar surface area (TPSA) is 70.0 Å². The smallest absolute Gasteiger partial charge is 0.263 e. The van der Waals surface area contributed by atoms with Crippen molar-refractivity contribution in [2.45, 2.75) is 18.7 Å². The summed E-state index contributed by atoms with van der Waals surface area (Å²) in [5, 5.41) is 8.95. The Hall–Kier alpha value is -2.03. The molecule has 2 aromatic rings. The maximum Gasteiger partial charge on any atom is 0.263 e. The number of halogens is 1. The van der Waals surface area contributed by atoms with E-state index in [-0.39, 0.29) is 15.5 Å². The van der Waals surface area contributed by atoms with Gasteiger partial charge in [-0.25, -0.2) is 8.42 Å². The normalized spacial score (nSPS) is 11.0. The minimum atomic E-state index is -3.84. The molecular formula is C15H13ClN2O2S. The Kier molecular flexibility index (Phi) is 4.21. The van der Waals surface area contributed by atoms with Crippen LogP contribution in [0.2, 0.25) is 5.02 Å². The lowest BCUT2D eigenvalue weighted by Gasteiger charge is -2.11. The highest BCUT2D eigenvalue weighted by atomic mass is 35.5. The summed E-state index contributed by atoms with van der Waals surface area (Å²) < 4.78 is 27.3. The fraction of sp³-hybridized carbons (Fsp3) is 0.133. The summed E-state index contributed by atoms with van der Waals surface area (Å²) in [5.41, 5.74) is 2.60. The third-order valence-electron chi connectivity index (χ3n) is 2.82. The summed E-state index contributed by atoms with van der Waals surface area (Å²) in [5.74, 6) is 0. The largest absolute Gasteiger partial charge is 0.280 e. The lowest BCUT2D eigenvalue weighted by Crippen LogP contribution is -2.14. The van der Waals surface area contributed by atoms with Gasteiger partial charge in [0.15, 0.2) is 0 Å². The molecule has 0 spiro atoms. The molecule has 0 fully saturated rings. The number of nitrogens with zero attached hydrogens (tertiary/aromatic N) is 1. The number of benzene rings is 2. The number of nitriles is 1. The molecule has 0 aliphatic heterocycles. The highest BCUT2D eigenvalue weighted by molar-refractivity contribution is 7.92. The first-order chi connectivity index (χ1) is 9.81. The van der Waals surface area contributed by atoms with Crippen LogP contribution in [-0.4, -0.2) is 8.42 Å². The lowest BCUT2D eigenvalue weighted by molar-refractivity contribution is 0.601. The van der Waals surface area contributed by atoms with Crippen molar-refractivity contribution < 1.29 is 8.42 Å². The monoisotopic (exact) mass is 320 g/mol. The predicted octanol–water partition coefficient (Wildman–Crippen LogP) is 3.63. The van der Waals surface area contributed by atoms with Gasteiger partial charge < -0.3 is 0 Å². The SMILES string of the molecule is Cc1cc(C)cc(NS(=O)(=O)c2cc(C#N)ccc2Cl)c1. The van der Waals surface area contributed by atoms with Crippen LogP contribution in [0.4, 0.5) is 5.69 Å². The Bertz CT molecular complexity index is 819. The first kappa shape index (κ1) is 15.4. The van der Waals surface area contributed by atoms with Crippen molar-refractivity contribution in [1.29, 1.82) is 5.26 Å². The summed E-state index contributed by atoms with van der Waals surface area (Å²) in [6, 6.07) is 11.4. The zero-order valence-electron chi connectivity index (χ0n) is 11.5. The standard InChI is InChI=1S/C15H13ClN2O2S/c1-10-5-11(2)7-13(6-10)18-21(19,20)15-8-12(9-17)3-4-14(15)16/h3-8,18H,1-2H3. The van der Waals surface area contributed by atoms with Crippen LogP contribution in [0.25, 0.3) is 0 Å². The molecule has 0 aliphatic rings. The molecule has 2 aromatic carbocycles. The van der Waals surface area contributed by atoms with Crippen LogP contribution in [-0.2, 0) is 10.0 Å². The van der Waals surface area contributed by atoms with E-state index < -0.39 is 10.0 Å². The number of sulfonamides is 1. The molecule has 0 saturated carbocycles. The van der Waals surface area contributed by atoms with Crippen LogP contribution in [0.3, 0.4) is 0 Å². The molecule has 0 saturated heterocycles. The van der Waals surface area contributed by atoms with Crippen molar-refractivity contribution in [2.75, 3.05) is 4.72 Å². The Morgan fingerprint density at radius 2 is 1.71 bits per heavy atom. The van der Waals surface area contributed by atoms with Crippen molar-refractivity contribution in [3.63, 3.8) is 0 Å². The van der Waals surface area contributed by atoms with Gasteiger partial charge in [-0.3, -0.25) is 4.72 Å². The summed E-state index contributed by atoms with van der Waals surface area (Å²) in [6.45, 7) is 3.77. The fourth-order valence-corrected chi connectivity index (χ4v) is 3.59. The van der Waals surface area contributed by atoms with Crippen LogP contribution in [0, 0.1) is 25.2 Å². The summed E-state index contributed by atoms with van der Waals surface area (Å²) in [6.07, 6.45) is 0. The molecule has 21 heavy (non-hydrogen) atoms. The van der Waals surface area contributed by atoms with Crippen LogP contribution in [0.1, 0.15) is 16.7 Å². The van der Waals surface area contributed by atoms with Gasteiger partial charge in [-0.15, -0.1) is 0 Å². The molecule has 1 N–H and O–H groups in total. The zero-order valence-corrected chi connectivity index (χ0v) is 13.1. The van der Waals surface area contributed by atoms with E-state index >= 15 is 0 Å². The van der Waals surface area contributed by atoms with Gasteiger partial charge in [0.1, 0.15) is 4.90 Å². The molecule has 0 heterocycles. The molecule has 0 radical (unpaired) electrons.